The number of rotatable bonds is 6. The van der Waals surface area contributed by atoms with Crippen molar-refractivity contribution >= 4 is 0 Å². The van der Waals surface area contributed by atoms with E-state index in [1.165, 1.54) is 12.1 Å². The molecule has 0 unspecified atom stereocenters. The van der Waals surface area contributed by atoms with Crippen LogP contribution in [0.3, 0.4) is 0 Å². The molecule has 0 radical (unpaired) electrons. The third-order valence-electron chi connectivity index (χ3n) is 4.05. The fourth-order valence-electron chi connectivity index (χ4n) is 2.97. The summed E-state index contributed by atoms with van der Waals surface area (Å²) in [7, 11) is 0. The van der Waals surface area contributed by atoms with Crippen LogP contribution in [0.25, 0.3) is 0 Å². The van der Waals surface area contributed by atoms with Crippen LogP contribution in [0.5, 0.6) is 5.75 Å². The molecule has 2 aromatic rings. The van der Waals surface area contributed by atoms with E-state index in [1.807, 2.05) is 13.0 Å². The van der Waals surface area contributed by atoms with Gasteiger partial charge >= 0.3 is 0 Å². The van der Waals surface area contributed by atoms with Crippen LogP contribution in [-0.2, 0) is 0 Å². The van der Waals surface area contributed by atoms with Gasteiger partial charge in [0.15, 0.2) is 0 Å². The summed E-state index contributed by atoms with van der Waals surface area (Å²) in [6.45, 7) is 3.48. The van der Waals surface area contributed by atoms with Crippen molar-refractivity contribution in [2.24, 2.45) is 0 Å². The molecule has 2 heterocycles. The number of hydrogen-bond donors (Lipinski definition) is 1. The molecule has 1 aromatic carbocycles. The molecule has 0 bridgehead atoms. The molecule has 1 N–H and O–H groups in total. The first-order valence-corrected chi connectivity index (χ1v) is 7.85. The van der Waals surface area contributed by atoms with Crippen molar-refractivity contribution in [3.63, 3.8) is 0 Å². The van der Waals surface area contributed by atoms with Crippen molar-refractivity contribution in [3.05, 3.63) is 47.6 Å². The first kappa shape index (κ1) is 16.0. The van der Waals surface area contributed by atoms with Gasteiger partial charge in [0.25, 0.3) is 0 Å². The van der Waals surface area contributed by atoms with Crippen LogP contribution in [-0.4, -0.2) is 41.0 Å². The van der Waals surface area contributed by atoms with Crippen LogP contribution in [0.1, 0.15) is 30.3 Å². The number of aliphatic hydroxyl groups is 1. The molecule has 124 valence electrons. The Hall–Kier alpha value is -1.92. The lowest BCUT2D eigenvalue weighted by molar-refractivity contribution is 0.0628. The van der Waals surface area contributed by atoms with Crippen LogP contribution < -0.4 is 4.74 Å². The summed E-state index contributed by atoms with van der Waals surface area (Å²) in [5.74, 6) is 1.04. The Morgan fingerprint density at radius 3 is 2.91 bits per heavy atom. The lowest BCUT2D eigenvalue weighted by atomic mass is 10.1. The molecular formula is C17H21FN2O3. The number of β-amino-alcohol motifs (C(OH)–C–C–N with tert-alkyl or cyclic N) is 1. The molecule has 1 fully saturated rings. The molecule has 1 aromatic heterocycles. The standard InChI is InChI=1S/C17H21FN2O3/c1-12-9-16(19-23-12)17-3-2-8-20(17)10-14(21)11-22-15-6-4-13(18)5-7-15/h4-7,9,14,17,21H,2-3,8,10-11H2,1H3/t14-,17-/m1/s1. The van der Waals surface area contributed by atoms with Crippen molar-refractivity contribution in [2.75, 3.05) is 19.7 Å². The van der Waals surface area contributed by atoms with E-state index in [2.05, 4.69) is 10.1 Å². The molecule has 2 atom stereocenters. The molecule has 0 spiro atoms. The van der Waals surface area contributed by atoms with Gasteiger partial charge in [0.1, 0.15) is 35.7 Å². The highest BCUT2D eigenvalue weighted by molar-refractivity contribution is 5.22. The second-order valence-electron chi connectivity index (χ2n) is 5.93. The molecule has 0 aliphatic carbocycles. The Kier molecular flexibility index (Phi) is 4.93. The first-order chi connectivity index (χ1) is 11.1. The van der Waals surface area contributed by atoms with Gasteiger partial charge in [0.05, 0.1) is 6.04 Å². The molecule has 23 heavy (non-hydrogen) atoms. The maximum atomic E-state index is 12.8. The van der Waals surface area contributed by atoms with Crippen LogP contribution in [0, 0.1) is 12.7 Å². The molecule has 0 saturated carbocycles. The minimum absolute atomic E-state index is 0.173. The molecule has 1 aliphatic rings. The molecule has 6 heteroatoms. The SMILES string of the molecule is Cc1cc([C@H]2CCCN2C[C@@H](O)COc2ccc(F)cc2)no1. The van der Waals surface area contributed by atoms with Crippen LogP contribution in [0.15, 0.2) is 34.9 Å². The summed E-state index contributed by atoms with van der Waals surface area (Å²) in [6, 6.07) is 7.92. The number of halogens is 1. The van der Waals surface area contributed by atoms with Crippen molar-refractivity contribution < 1.29 is 18.8 Å². The Bertz CT molecular complexity index is 629. The van der Waals surface area contributed by atoms with Crippen molar-refractivity contribution in [3.8, 4) is 5.75 Å². The van der Waals surface area contributed by atoms with Gasteiger partial charge in [-0.25, -0.2) is 4.39 Å². The number of aryl methyl sites for hydroxylation is 1. The van der Waals surface area contributed by atoms with Gasteiger partial charge in [0.2, 0.25) is 0 Å². The van der Waals surface area contributed by atoms with Crippen LogP contribution in [0.2, 0.25) is 0 Å². The summed E-state index contributed by atoms with van der Waals surface area (Å²) < 4.78 is 23.5. The van der Waals surface area contributed by atoms with E-state index in [4.69, 9.17) is 9.26 Å². The first-order valence-electron chi connectivity index (χ1n) is 7.85. The second-order valence-corrected chi connectivity index (χ2v) is 5.93. The van der Waals surface area contributed by atoms with Gasteiger partial charge in [-0.15, -0.1) is 0 Å². The van der Waals surface area contributed by atoms with Gasteiger partial charge in [-0.1, -0.05) is 5.16 Å². The van der Waals surface area contributed by atoms with Crippen molar-refractivity contribution in [1.29, 1.82) is 0 Å². The smallest absolute Gasteiger partial charge is 0.133 e. The van der Waals surface area contributed by atoms with Gasteiger partial charge in [-0.3, -0.25) is 4.90 Å². The zero-order chi connectivity index (χ0) is 16.2. The predicted molar refractivity (Wildman–Crippen MR) is 82.7 cm³/mol. The Morgan fingerprint density at radius 2 is 2.22 bits per heavy atom. The van der Waals surface area contributed by atoms with E-state index in [-0.39, 0.29) is 18.5 Å². The Morgan fingerprint density at radius 1 is 1.43 bits per heavy atom. The molecular weight excluding hydrogens is 299 g/mol. The zero-order valence-corrected chi connectivity index (χ0v) is 13.1. The number of ether oxygens (including phenoxy) is 1. The maximum Gasteiger partial charge on any atom is 0.133 e. The van der Waals surface area contributed by atoms with Crippen molar-refractivity contribution in [1.82, 2.24) is 10.1 Å². The fourth-order valence-corrected chi connectivity index (χ4v) is 2.97. The van der Waals surface area contributed by atoms with Gasteiger partial charge in [-0.2, -0.15) is 0 Å². The van der Waals surface area contributed by atoms with Gasteiger partial charge in [-0.05, 0) is 50.6 Å². The number of benzene rings is 1. The predicted octanol–water partition coefficient (Wildman–Crippen LogP) is 2.70. The molecule has 5 nitrogen and oxygen atoms in total. The summed E-state index contributed by atoms with van der Waals surface area (Å²) >= 11 is 0. The molecule has 3 rings (SSSR count). The lowest BCUT2D eigenvalue weighted by Crippen LogP contribution is -2.35. The minimum atomic E-state index is -0.617. The number of aliphatic hydroxyl groups excluding tert-OH is 1. The lowest BCUT2D eigenvalue weighted by Gasteiger charge is -2.25. The Labute approximate surface area is 134 Å². The number of likely N-dealkylation sites (tertiary alicyclic amines) is 1. The van der Waals surface area contributed by atoms with E-state index >= 15 is 0 Å². The number of aromatic nitrogens is 1. The maximum absolute atomic E-state index is 12.8. The molecule has 1 saturated heterocycles. The van der Waals surface area contributed by atoms with Crippen molar-refractivity contribution in [2.45, 2.75) is 31.9 Å². The van der Waals surface area contributed by atoms with Crippen LogP contribution >= 0.6 is 0 Å². The average Bonchev–Trinajstić information content (AvgIpc) is 3.15. The quantitative estimate of drug-likeness (QED) is 0.887. The normalized spacial score (nSPS) is 19.9. The van der Waals surface area contributed by atoms with E-state index in [0.29, 0.717) is 12.3 Å². The number of hydrogen-bond acceptors (Lipinski definition) is 5. The van der Waals surface area contributed by atoms with Gasteiger partial charge < -0.3 is 14.4 Å². The van der Waals surface area contributed by atoms with E-state index in [9.17, 15) is 9.50 Å². The largest absolute Gasteiger partial charge is 0.491 e. The monoisotopic (exact) mass is 320 g/mol. The van der Waals surface area contributed by atoms with Crippen LogP contribution in [0.4, 0.5) is 4.39 Å². The average molecular weight is 320 g/mol. The summed E-state index contributed by atoms with van der Waals surface area (Å²) in [4.78, 5) is 2.20. The van der Waals surface area contributed by atoms with E-state index < -0.39 is 6.10 Å². The molecule has 0 amide bonds. The summed E-state index contributed by atoms with van der Waals surface area (Å²) in [5.41, 5.74) is 0.923. The summed E-state index contributed by atoms with van der Waals surface area (Å²) in [6.07, 6.45) is 1.47. The van der Waals surface area contributed by atoms with E-state index in [0.717, 1.165) is 30.8 Å². The Balaban J connectivity index is 1.52. The zero-order valence-electron chi connectivity index (χ0n) is 13.1. The second kappa shape index (κ2) is 7.10. The minimum Gasteiger partial charge on any atom is -0.491 e. The topological polar surface area (TPSA) is 58.7 Å². The molecule has 1 aliphatic heterocycles. The highest BCUT2D eigenvalue weighted by Gasteiger charge is 2.29. The van der Waals surface area contributed by atoms with Gasteiger partial charge in [0, 0.05) is 12.6 Å². The highest BCUT2D eigenvalue weighted by Crippen LogP contribution is 2.31. The third-order valence-corrected chi connectivity index (χ3v) is 4.05. The third kappa shape index (κ3) is 4.09. The van der Waals surface area contributed by atoms with E-state index in [1.54, 1.807) is 12.1 Å². The number of nitrogens with zero attached hydrogens (tertiary/aromatic N) is 2. The fraction of sp³-hybridized carbons (Fsp3) is 0.471. The summed E-state index contributed by atoms with van der Waals surface area (Å²) in [5, 5.41) is 14.3. The highest BCUT2D eigenvalue weighted by atomic mass is 19.1.